The lowest BCUT2D eigenvalue weighted by Crippen LogP contribution is -2.03. The van der Waals surface area contributed by atoms with Crippen LogP contribution in [0, 0.1) is 0 Å². The number of aromatic carboxylic acids is 1. The van der Waals surface area contributed by atoms with Crippen LogP contribution in [0.2, 0.25) is 5.02 Å². The second-order valence-electron chi connectivity index (χ2n) is 2.67. The fourth-order valence-electron chi connectivity index (χ4n) is 1.04. The molecule has 1 N–H and O–H groups in total. The second-order valence-corrected chi connectivity index (χ2v) is 3.08. The zero-order chi connectivity index (χ0) is 10.8. The Morgan fingerprint density at radius 3 is 2.93 bits per heavy atom. The van der Waals surface area contributed by atoms with Crippen molar-refractivity contribution in [1.29, 1.82) is 0 Å². The summed E-state index contributed by atoms with van der Waals surface area (Å²) in [7, 11) is 0. The molecule has 0 aliphatic heterocycles. The van der Waals surface area contributed by atoms with Crippen molar-refractivity contribution in [1.82, 2.24) is 9.97 Å². The lowest BCUT2D eigenvalue weighted by molar-refractivity contribution is 0.0690. The molecule has 2 rings (SSSR count). The Labute approximate surface area is 89.3 Å². The summed E-state index contributed by atoms with van der Waals surface area (Å²) in [6, 6.07) is 3.29. The summed E-state index contributed by atoms with van der Waals surface area (Å²) >= 11 is 5.62. The molecule has 2 heterocycles. The van der Waals surface area contributed by atoms with E-state index >= 15 is 0 Å². The number of carboxylic acids is 1. The minimum atomic E-state index is -1.20. The number of rotatable bonds is 2. The average Bonchev–Trinajstić information content (AvgIpc) is 2.71. The third-order valence-electron chi connectivity index (χ3n) is 1.69. The van der Waals surface area contributed by atoms with Crippen LogP contribution in [0.5, 0.6) is 0 Å². The van der Waals surface area contributed by atoms with E-state index in [9.17, 15) is 4.79 Å². The molecule has 2 aromatic heterocycles. The first-order valence-corrected chi connectivity index (χ1v) is 4.36. The van der Waals surface area contributed by atoms with Gasteiger partial charge in [-0.2, -0.15) is 0 Å². The highest BCUT2D eigenvalue weighted by atomic mass is 35.5. The Hall–Kier alpha value is -1.88. The summed E-state index contributed by atoms with van der Waals surface area (Å²) in [4.78, 5) is 18.4. The van der Waals surface area contributed by atoms with Crippen molar-refractivity contribution in [2.75, 3.05) is 0 Å². The lowest BCUT2D eigenvalue weighted by atomic mass is 10.3. The van der Waals surface area contributed by atoms with Crippen LogP contribution in [0.15, 0.2) is 29.0 Å². The molecule has 5 nitrogen and oxygen atoms in total. The monoisotopic (exact) mass is 224 g/mol. The third kappa shape index (κ3) is 1.82. The van der Waals surface area contributed by atoms with Crippen LogP contribution in [-0.4, -0.2) is 21.0 Å². The Balaban J connectivity index is 2.52. The molecule has 15 heavy (non-hydrogen) atoms. The van der Waals surface area contributed by atoms with E-state index in [0.29, 0.717) is 5.76 Å². The molecule has 0 amide bonds. The minimum absolute atomic E-state index is 0.00203. The van der Waals surface area contributed by atoms with Crippen molar-refractivity contribution in [2.24, 2.45) is 0 Å². The van der Waals surface area contributed by atoms with Crippen molar-refractivity contribution in [3.8, 4) is 11.6 Å². The van der Waals surface area contributed by atoms with Crippen molar-refractivity contribution in [2.45, 2.75) is 0 Å². The Morgan fingerprint density at radius 2 is 2.33 bits per heavy atom. The van der Waals surface area contributed by atoms with Crippen LogP contribution in [-0.2, 0) is 0 Å². The van der Waals surface area contributed by atoms with Crippen LogP contribution < -0.4 is 0 Å². The van der Waals surface area contributed by atoms with Crippen LogP contribution in [0.3, 0.4) is 0 Å². The maximum Gasteiger partial charge on any atom is 0.356 e. The molecule has 0 fully saturated rings. The van der Waals surface area contributed by atoms with Crippen LogP contribution in [0.1, 0.15) is 10.5 Å². The first kappa shape index (κ1) is 9.67. The van der Waals surface area contributed by atoms with Gasteiger partial charge in [-0.05, 0) is 12.1 Å². The van der Waals surface area contributed by atoms with Crippen molar-refractivity contribution >= 4 is 17.6 Å². The van der Waals surface area contributed by atoms with Crippen LogP contribution in [0.25, 0.3) is 11.6 Å². The molecule has 76 valence electrons. The van der Waals surface area contributed by atoms with E-state index in [2.05, 4.69) is 9.97 Å². The van der Waals surface area contributed by atoms with E-state index < -0.39 is 5.97 Å². The number of aromatic nitrogens is 2. The summed E-state index contributed by atoms with van der Waals surface area (Å²) < 4.78 is 5.03. The predicted molar refractivity (Wildman–Crippen MR) is 51.7 cm³/mol. The van der Waals surface area contributed by atoms with Gasteiger partial charge in [-0.15, -0.1) is 0 Å². The molecule has 0 radical (unpaired) electrons. The molecule has 2 aromatic rings. The number of carbonyl (C=O) groups is 1. The summed E-state index contributed by atoms with van der Waals surface area (Å²) in [5.74, 6) is -0.605. The number of hydrogen-bond acceptors (Lipinski definition) is 4. The largest absolute Gasteiger partial charge is 0.476 e. The molecule has 0 spiro atoms. The topological polar surface area (TPSA) is 76.2 Å². The van der Waals surface area contributed by atoms with E-state index in [4.69, 9.17) is 21.1 Å². The quantitative estimate of drug-likeness (QED) is 0.845. The molecule has 0 aromatic carbocycles. The first-order chi connectivity index (χ1) is 7.18. The maximum atomic E-state index is 10.7. The SMILES string of the molecule is O=C(O)c1nc(-c2ccco2)ncc1Cl. The van der Waals surface area contributed by atoms with E-state index in [1.165, 1.54) is 12.5 Å². The first-order valence-electron chi connectivity index (χ1n) is 3.98. The molecule has 0 aliphatic rings. The van der Waals surface area contributed by atoms with Gasteiger partial charge in [0.25, 0.3) is 0 Å². The van der Waals surface area contributed by atoms with Gasteiger partial charge in [0, 0.05) is 0 Å². The summed E-state index contributed by atoms with van der Waals surface area (Å²) in [5, 5.41) is 8.78. The third-order valence-corrected chi connectivity index (χ3v) is 1.96. The van der Waals surface area contributed by atoms with Gasteiger partial charge in [0.1, 0.15) is 0 Å². The van der Waals surface area contributed by atoms with E-state index in [-0.39, 0.29) is 16.5 Å². The molecule has 0 saturated heterocycles. The van der Waals surface area contributed by atoms with Gasteiger partial charge in [0.15, 0.2) is 17.3 Å². The average molecular weight is 225 g/mol. The fourth-order valence-corrected chi connectivity index (χ4v) is 1.21. The Morgan fingerprint density at radius 1 is 1.53 bits per heavy atom. The van der Waals surface area contributed by atoms with Crippen molar-refractivity contribution in [3.63, 3.8) is 0 Å². The highest BCUT2D eigenvalue weighted by Gasteiger charge is 2.14. The zero-order valence-corrected chi connectivity index (χ0v) is 8.10. The van der Waals surface area contributed by atoms with Gasteiger partial charge in [0.05, 0.1) is 17.5 Å². The molecule has 0 unspecified atom stereocenters. The van der Waals surface area contributed by atoms with Gasteiger partial charge >= 0.3 is 5.97 Å². The number of carboxylic acid groups (broad SMARTS) is 1. The molecule has 0 saturated carbocycles. The number of nitrogens with zero attached hydrogens (tertiary/aromatic N) is 2. The molecular weight excluding hydrogens is 220 g/mol. The number of furan rings is 1. The normalized spacial score (nSPS) is 10.2. The van der Waals surface area contributed by atoms with Gasteiger partial charge in [0.2, 0.25) is 0 Å². The maximum absolute atomic E-state index is 10.7. The van der Waals surface area contributed by atoms with Gasteiger partial charge < -0.3 is 9.52 Å². The van der Waals surface area contributed by atoms with E-state index in [1.807, 2.05) is 0 Å². The van der Waals surface area contributed by atoms with Gasteiger partial charge in [-0.25, -0.2) is 14.8 Å². The number of halogens is 1. The molecule has 0 bridgehead atoms. The fraction of sp³-hybridized carbons (Fsp3) is 0. The smallest absolute Gasteiger partial charge is 0.356 e. The lowest BCUT2D eigenvalue weighted by Gasteiger charge is -1.99. The Kier molecular flexibility index (Phi) is 2.39. The zero-order valence-electron chi connectivity index (χ0n) is 7.35. The highest BCUT2D eigenvalue weighted by molar-refractivity contribution is 6.33. The predicted octanol–water partition coefficient (Wildman–Crippen LogP) is 2.09. The summed E-state index contributed by atoms with van der Waals surface area (Å²) in [5.41, 5.74) is -0.238. The van der Waals surface area contributed by atoms with E-state index in [0.717, 1.165) is 0 Å². The highest BCUT2D eigenvalue weighted by Crippen LogP contribution is 2.19. The molecule has 0 atom stereocenters. The molecule has 6 heteroatoms. The van der Waals surface area contributed by atoms with Crippen LogP contribution in [0.4, 0.5) is 0 Å². The van der Waals surface area contributed by atoms with E-state index in [1.54, 1.807) is 12.1 Å². The Bertz CT molecular complexity index is 496. The standard InChI is InChI=1S/C9H5ClN2O3/c10-5-4-11-8(6-2-1-3-15-6)12-7(5)9(13)14/h1-4H,(H,13,14). The van der Waals surface area contributed by atoms with Crippen molar-refractivity contribution < 1.29 is 14.3 Å². The second kappa shape index (κ2) is 3.70. The summed E-state index contributed by atoms with van der Waals surface area (Å²) in [6.45, 7) is 0. The number of hydrogen-bond donors (Lipinski definition) is 1. The van der Waals surface area contributed by atoms with Gasteiger partial charge in [-0.1, -0.05) is 11.6 Å². The molecule has 0 aliphatic carbocycles. The van der Waals surface area contributed by atoms with Crippen molar-refractivity contribution in [3.05, 3.63) is 35.3 Å². The van der Waals surface area contributed by atoms with Crippen LogP contribution >= 0.6 is 11.6 Å². The summed E-state index contributed by atoms with van der Waals surface area (Å²) in [6.07, 6.45) is 2.68. The van der Waals surface area contributed by atoms with Gasteiger partial charge in [-0.3, -0.25) is 0 Å². The molecular formula is C9H5ClN2O3. The minimum Gasteiger partial charge on any atom is -0.476 e.